The first-order chi connectivity index (χ1) is 19.2. The predicted molar refractivity (Wildman–Crippen MR) is 158 cm³/mol. The van der Waals surface area contributed by atoms with E-state index in [2.05, 4.69) is 24.3 Å². The van der Waals surface area contributed by atoms with Crippen LogP contribution in [0.3, 0.4) is 0 Å². The highest BCUT2D eigenvalue weighted by Gasteiger charge is 2.46. The molecule has 4 aromatic rings. The van der Waals surface area contributed by atoms with Gasteiger partial charge in [0.1, 0.15) is 12.2 Å². The minimum atomic E-state index is -1.10. The van der Waals surface area contributed by atoms with Crippen LogP contribution in [0.1, 0.15) is 22.3 Å². The van der Waals surface area contributed by atoms with Gasteiger partial charge in [-0.25, -0.2) is 0 Å². The zero-order valence-corrected chi connectivity index (χ0v) is 22.8. The van der Waals surface area contributed by atoms with Gasteiger partial charge in [-0.05, 0) is 35.1 Å². The molecule has 39 heavy (non-hydrogen) atoms. The van der Waals surface area contributed by atoms with Crippen LogP contribution in [0.15, 0.2) is 121 Å². The van der Waals surface area contributed by atoms with Crippen molar-refractivity contribution >= 4 is 11.8 Å². The Hall–Kier alpha value is -2.93. The van der Waals surface area contributed by atoms with Gasteiger partial charge >= 0.3 is 0 Å². The van der Waals surface area contributed by atoms with Crippen LogP contribution in [-0.2, 0) is 35.5 Å². The summed E-state index contributed by atoms with van der Waals surface area (Å²) >= 11 is 1.77. The van der Waals surface area contributed by atoms with E-state index in [0.29, 0.717) is 26.1 Å². The maximum atomic E-state index is 11.6. The van der Waals surface area contributed by atoms with Gasteiger partial charge in [-0.2, -0.15) is 0 Å². The molecule has 4 nitrogen and oxygen atoms in total. The fourth-order valence-corrected chi connectivity index (χ4v) is 6.99. The van der Waals surface area contributed by atoms with Crippen molar-refractivity contribution in [2.45, 2.75) is 61.0 Å². The third-order valence-corrected chi connectivity index (χ3v) is 8.80. The largest absolute Gasteiger partial charge is 0.388 e. The molecule has 0 amide bonds. The topological polar surface area (TPSA) is 58.9 Å². The van der Waals surface area contributed by atoms with Crippen molar-refractivity contribution in [3.8, 4) is 0 Å². The van der Waals surface area contributed by atoms with E-state index < -0.39 is 24.4 Å². The van der Waals surface area contributed by atoms with Crippen molar-refractivity contribution < 1.29 is 19.7 Å². The molecule has 2 N–H and O–H groups in total. The molecule has 0 radical (unpaired) electrons. The monoisotopic (exact) mass is 540 g/mol. The van der Waals surface area contributed by atoms with E-state index >= 15 is 0 Å². The SMILES string of the molecule is O[C@@H]1[C@@H](O)[C@@H](OCc2ccccc2)[C@@H](Cc2ccccc2)S[C@H](Cc2ccccc2)[C@@H]1OCc1ccccc1. The van der Waals surface area contributed by atoms with Gasteiger partial charge in [0.2, 0.25) is 0 Å². The van der Waals surface area contributed by atoms with Gasteiger partial charge in [-0.15, -0.1) is 11.8 Å². The van der Waals surface area contributed by atoms with Crippen molar-refractivity contribution in [3.05, 3.63) is 144 Å². The van der Waals surface area contributed by atoms with Crippen LogP contribution < -0.4 is 0 Å². The Kier molecular flexibility index (Phi) is 9.86. The summed E-state index contributed by atoms with van der Waals surface area (Å²) in [5.74, 6) is 0. The fraction of sp³-hybridized carbons (Fsp3) is 0.294. The quantitative estimate of drug-likeness (QED) is 0.264. The lowest BCUT2D eigenvalue weighted by molar-refractivity contribution is -0.139. The van der Waals surface area contributed by atoms with E-state index in [9.17, 15) is 10.2 Å². The zero-order valence-electron chi connectivity index (χ0n) is 22.0. The highest BCUT2D eigenvalue weighted by molar-refractivity contribution is 8.00. The van der Waals surface area contributed by atoms with Gasteiger partial charge in [-0.3, -0.25) is 0 Å². The summed E-state index contributed by atoms with van der Waals surface area (Å²) in [4.78, 5) is 0. The molecule has 1 aliphatic rings. The van der Waals surface area contributed by atoms with E-state index in [1.54, 1.807) is 11.8 Å². The molecular formula is C34H36O4S. The number of benzene rings is 4. The van der Waals surface area contributed by atoms with Crippen molar-refractivity contribution in [1.29, 1.82) is 0 Å². The second-order valence-electron chi connectivity index (χ2n) is 10.1. The summed E-state index contributed by atoms with van der Waals surface area (Å²) in [6.07, 6.45) is -1.92. The van der Waals surface area contributed by atoms with Gasteiger partial charge in [0.05, 0.1) is 25.4 Å². The van der Waals surface area contributed by atoms with Crippen molar-refractivity contribution in [3.63, 3.8) is 0 Å². The maximum absolute atomic E-state index is 11.6. The van der Waals surface area contributed by atoms with Gasteiger partial charge < -0.3 is 19.7 Å². The number of rotatable bonds is 10. The number of thioether (sulfide) groups is 1. The van der Waals surface area contributed by atoms with E-state index in [1.807, 2.05) is 97.1 Å². The standard InChI is InChI=1S/C34H36O4S/c35-31-32(36)34(38-24-28-19-11-4-12-20-28)30(22-26-15-7-2-8-16-26)39-29(21-25-13-5-1-6-14-25)33(31)37-23-27-17-9-3-10-18-27/h1-20,29-36H,21-24H2/t29-,30-,31-,32-,33+,34+/m1/s1. The molecule has 6 atom stereocenters. The van der Waals surface area contributed by atoms with Crippen LogP contribution in [0.4, 0.5) is 0 Å². The smallest absolute Gasteiger partial charge is 0.110 e. The molecule has 1 aliphatic heterocycles. The lowest BCUT2D eigenvalue weighted by Crippen LogP contribution is -2.49. The Morgan fingerprint density at radius 1 is 0.462 bits per heavy atom. The fourth-order valence-electron chi connectivity index (χ4n) is 5.17. The molecule has 5 heteroatoms. The highest BCUT2D eigenvalue weighted by Crippen LogP contribution is 2.38. The molecule has 0 spiro atoms. The third kappa shape index (κ3) is 7.59. The second-order valence-corrected chi connectivity index (χ2v) is 11.6. The zero-order chi connectivity index (χ0) is 26.9. The van der Waals surface area contributed by atoms with E-state index in [4.69, 9.17) is 9.47 Å². The lowest BCUT2D eigenvalue weighted by Gasteiger charge is -2.31. The summed E-state index contributed by atoms with van der Waals surface area (Å²) in [6.45, 7) is 0.722. The van der Waals surface area contributed by atoms with Gasteiger partial charge in [0.25, 0.3) is 0 Å². The molecule has 1 fully saturated rings. The molecule has 5 rings (SSSR count). The number of hydrogen-bond acceptors (Lipinski definition) is 5. The average Bonchev–Trinajstić information content (AvgIpc) is 3.07. The Morgan fingerprint density at radius 2 is 0.769 bits per heavy atom. The van der Waals surface area contributed by atoms with Crippen LogP contribution in [-0.4, -0.2) is 45.1 Å². The van der Waals surface area contributed by atoms with Crippen LogP contribution in [0, 0.1) is 0 Å². The van der Waals surface area contributed by atoms with Crippen LogP contribution in [0.2, 0.25) is 0 Å². The summed E-state index contributed by atoms with van der Waals surface area (Å²) in [5.41, 5.74) is 4.41. The molecule has 0 bridgehead atoms. The molecule has 1 saturated heterocycles. The summed E-state index contributed by atoms with van der Waals surface area (Å²) in [5, 5.41) is 23.1. The number of aliphatic hydroxyl groups excluding tert-OH is 2. The molecule has 1 heterocycles. The molecule has 0 unspecified atom stereocenters. The maximum Gasteiger partial charge on any atom is 0.110 e. The van der Waals surface area contributed by atoms with Crippen molar-refractivity contribution in [1.82, 2.24) is 0 Å². The van der Waals surface area contributed by atoms with Gasteiger partial charge in [0.15, 0.2) is 0 Å². The molecular weight excluding hydrogens is 504 g/mol. The Balaban J connectivity index is 1.45. The van der Waals surface area contributed by atoms with E-state index in [1.165, 1.54) is 11.1 Å². The Morgan fingerprint density at radius 3 is 1.10 bits per heavy atom. The van der Waals surface area contributed by atoms with Crippen LogP contribution in [0.25, 0.3) is 0 Å². The first-order valence-corrected chi connectivity index (χ1v) is 14.5. The second kappa shape index (κ2) is 13.9. The van der Waals surface area contributed by atoms with E-state index in [-0.39, 0.29) is 10.5 Å². The molecule has 0 aliphatic carbocycles. The molecule has 0 aromatic heterocycles. The van der Waals surface area contributed by atoms with Gasteiger partial charge in [0, 0.05) is 10.5 Å². The van der Waals surface area contributed by atoms with E-state index in [0.717, 1.165) is 11.1 Å². The average molecular weight is 541 g/mol. The number of aliphatic hydroxyl groups is 2. The number of ether oxygens (including phenoxy) is 2. The molecule has 0 saturated carbocycles. The van der Waals surface area contributed by atoms with Gasteiger partial charge in [-0.1, -0.05) is 121 Å². The molecule has 202 valence electrons. The summed E-state index contributed by atoms with van der Waals surface area (Å²) in [7, 11) is 0. The third-order valence-electron chi connectivity index (χ3n) is 7.24. The minimum Gasteiger partial charge on any atom is -0.388 e. The normalized spacial score (nSPS) is 25.2. The predicted octanol–water partition coefficient (Wildman–Crippen LogP) is 5.85. The summed E-state index contributed by atoms with van der Waals surface area (Å²) < 4.78 is 12.9. The first-order valence-electron chi connectivity index (χ1n) is 13.6. The van der Waals surface area contributed by atoms with Crippen molar-refractivity contribution in [2.24, 2.45) is 0 Å². The Labute approximate surface area is 235 Å². The Bertz CT molecular complexity index is 1140. The van der Waals surface area contributed by atoms with Crippen LogP contribution in [0.5, 0.6) is 0 Å². The van der Waals surface area contributed by atoms with Crippen LogP contribution >= 0.6 is 11.8 Å². The number of hydrogen-bond donors (Lipinski definition) is 2. The first kappa shape index (κ1) is 27.6. The molecule has 4 aromatic carbocycles. The highest BCUT2D eigenvalue weighted by atomic mass is 32.2. The minimum absolute atomic E-state index is 0.0835. The summed E-state index contributed by atoms with van der Waals surface area (Å²) in [6, 6.07) is 40.6. The van der Waals surface area contributed by atoms with Crippen molar-refractivity contribution in [2.75, 3.05) is 0 Å². The lowest BCUT2D eigenvalue weighted by atomic mass is 9.94.